The van der Waals surface area contributed by atoms with E-state index in [1.54, 1.807) is 6.08 Å². The second-order valence-corrected chi connectivity index (χ2v) is 14.6. The van der Waals surface area contributed by atoms with E-state index in [-0.39, 0.29) is 18.9 Å². The molecule has 0 rings (SSSR count). The van der Waals surface area contributed by atoms with Gasteiger partial charge in [-0.2, -0.15) is 0 Å². The first kappa shape index (κ1) is 47.6. The van der Waals surface area contributed by atoms with Crippen molar-refractivity contribution in [2.24, 2.45) is 0 Å². The fraction of sp³-hybridized carbons (Fsp3) is 0.841. The van der Waals surface area contributed by atoms with Gasteiger partial charge in [0.15, 0.2) is 0 Å². The lowest BCUT2D eigenvalue weighted by atomic mass is 10.0. The summed E-state index contributed by atoms with van der Waals surface area (Å²) < 4.78 is 0. The molecule has 4 N–H and O–H groups in total. The average Bonchev–Trinajstić information content (AvgIpc) is 3.09. The predicted octanol–water partition coefficient (Wildman–Crippen LogP) is 12.0. The summed E-state index contributed by atoms with van der Waals surface area (Å²) in [5.41, 5.74) is 0. The Hall–Kier alpha value is -1.43. The van der Waals surface area contributed by atoms with E-state index in [9.17, 15) is 20.1 Å². The summed E-state index contributed by atoms with van der Waals surface area (Å²) in [5.74, 6) is -0.330. The molecular weight excluding hydrogens is 606 g/mol. The van der Waals surface area contributed by atoms with Crippen LogP contribution >= 0.6 is 0 Å². The Kier molecular flexibility index (Phi) is 38.2. The maximum absolute atomic E-state index is 12.4. The molecule has 288 valence electrons. The molecule has 49 heavy (non-hydrogen) atoms. The smallest absolute Gasteiger partial charge is 0.222 e. The largest absolute Gasteiger partial charge is 0.394 e. The third-order valence-electron chi connectivity index (χ3n) is 9.65. The molecule has 0 aliphatic carbocycles. The van der Waals surface area contributed by atoms with E-state index < -0.39 is 18.2 Å². The van der Waals surface area contributed by atoms with Crippen molar-refractivity contribution in [3.63, 3.8) is 0 Å². The molecule has 0 radical (unpaired) electrons. The zero-order chi connectivity index (χ0) is 35.9. The number of amides is 1. The second-order valence-electron chi connectivity index (χ2n) is 14.6. The third-order valence-corrected chi connectivity index (χ3v) is 9.65. The molecule has 0 aromatic rings. The van der Waals surface area contributed by atoms with Crippen LogP contribution in [0.4, 0.5) is 0 Å². The molecule has 1 amide bonds. The van der Waals surface area contributed by atoms with Crippen molar-refractivity contribution in [1.29, 1.82) is 0 Å². The minimum absolute atomic E-state index is 0.000525. The second kappa shape index (κ2) is 39.4. The first-order valence-electron chi connectivity index (χ1n) is 21.3. The van der Waals surface area contributed by atoms with E-state index in [4.69, 9.17) is 0 Å². The molecule has 0 fully saturated rings. The summed E-state index contributed by atoms with van der Waals surface area (Å²) >= 11 is 0. The number of nitrogens with one attached hydrogen (secondary N) is 1. The lowest BCUT2D eigenvalue weighted by Crippen LogP contribution is -2.45. The molecule has 0 aliphatic heterocycles. The summed E-state index contributed by atoms with van der Waals surface area (Å²) in [6.07, 6.45) is 48.5. The van der Waals surface area contributed by atoms with Crippen LogP contribution in [0.5, 0.6) is 0 Å². The highest BCUT2D eigenvalue weighted by molar-refractivity contribution is 5.76. The fourth-order valence-corrected chi connectivity index (χ4v) is 6.35. The highest BCUT2D eigenvalue weighted by Crippen LogP contribution is 2.14. The molecule has 0 bridgehead atoms. The Morgan fingerprint density at radius 2 is 0.878 bits per heavy atom. The van der Waals surface area contributed by atoms with Gasteiger partial charge in [-0.3, -0.25) is 4.79 Å². The summed E-state index contributed by atoms with van der Waals surface area (Å²) in [4.78, 5) is 12.4. The SMILES string of the molecule is CCCCCCCCCCC/C=C\CCCCCCCC(O)CC(=O)NC(CO)C(O)/C=C/CC/C=C/CCCCCCCCCCCC. The molecular formula is C44H83NO4. The van der Waals surface area contributed by atoms with E-state index in [1.165, 1.54) is 141 Å². The van der Waals surface area contributed by atoms with Crippen molar-refractivity contribution < 1.29 is 20.1 Å². The Labute approximate surface area is 304 Å². The number of aliphatic hydroxyl groups is 3. The Balaban J connectivity index is 3.74. The first-order valence-corrected chi connectivity index (χ1v) is 21.3. The van der Waals surface area contributed by atoms with Gasteiger partial charge in [0.2, 0.25) is 5.91 Å². The summed E-state index contributed by atoms with van der Waals surface area (Å²) in [5, 5.41) is 33.1. The summed E-state index contributed by atoms with van der Waals surface area (Å²) in [7, 11) is 0. The molecule has 0 spiro atoms. The first-order chi connectivity index (χ1) is 24.0. The number of carbonyl (C=O) groups is 1. The number of unbranched alkanes of at least 4 members (excludes halogenated alkanes) is 25. The normalized spacial score (nSPS) is 14.0. The van der Waals surface area contributed by atoms with Crippen LogP contribution in [-0.4, -0.2) is 46.1 Å². The molecule has 0 heterocycles. The van der Waals surface area contributed by atoms with Crippen LogP contribution < -0.4 is 5.32 Å². The quantitative estimate of drug-likeness (QED) is 0.0384. The van der Waals surface area contributed by atoms with Crippen LogP contribution in [0.1, 0.15) is 213 Å². The average molecular weight is 690 g/mol. The molecule has 3 unspecified atom stereocenters. The van der Waals surface area contributed by atoms with Gasteiger partial charge >= 0.3 is 0 Å². The molecule has 3 atom stereocenters. The number of rotatable bonds is 38. The van der Waals surface area contributed by atoms with E-state index in [0.29, 0.717) is 6.42 Å². The van der Waals surface area contributed by atoms with Crippen molar-refractivity contribution in [3.05, 3.63) is 36.5 Å². The van der Waals surface area contributed by atoms with Gasteiger partial charge in [-0.15, -0.1) is 0 Å². The maximum atomic E-state index is 12.4. The fourth-order valence-electron chi connectivity index (χ4n) is 6.35. The van der Waals surface area contributed by atoms with Crippen molar-refractivity contribution in [1.82, 2.24) is 5.32 Å². The minimum Gasteiger partial charge on any atom is -0.394 e. The van der Waals surface area contributed by atoms with Gasteiger partial charge in [-0.05, 0) is 57.8 Å². The van der Waals surface area contributed by atoms with Gasteiger partial charge in [-0.25, -0.2) is 0 Å². The van der Waals surface area contributed by atoms with Crippen molar-refractivity contribution >= 4 is 5.91 Å². The highest BCUT2D eigenvalue weighted by Gasteiger charge is 2.20. The van der Waals surface area contributed by atoms with Crippen LogP contribution in [0.2, 0.25) is 0 Å². The van der Waals surface area contributed by atoms with Crippen molar-refractivity contribution in [2.75, 3.05) is 6.61 Å². The Morgan fingerprint density at radius 3 is 1.31 bits per heavy atom. The Morgan fingerprint density at radius 1 is 0.510 bits per heavy atom. The van der Waals surface area contributed by atoms with Crippen LogP contribution in [0.3, 0.4) is 0 Å². The Bertz CT molecular complexity index is 764. The van der Waals surface area contributed by atoms with E-state index >= 15 is 0 Å². The molecule has 5 heteroatoms. The lowest BCUT2D eigenvalue weighted by Gasteiger charge is -2.20. The van der Waals surface area contributed by atoms with Crippen molar-refractivity contribution in [2.45, 2.75) is 231 Å². The minimum atomic E-state index is -0.952. The van der Waals surface area contributed by atoms with Crippen LogP contribution in [0, 0.1) is 0 Å². The molecule has 0 aromatic heterocycles. The van der Waals surface area contributed by atoms with Gasteiger partial charge in [0.1, 0.15) is 0 Å². The predicted molar refractivity (Wildman–Crippen MR) is 213 cm³/mol. The zero-order valence-electron chi connectivity index (χ0n) is 32.6. The highest BCUT2D eigenvalue weighted by atomic mass is 16.3. The van der Waals surface area contributed by atoms with Gasteiger partial charge in [0.05, 0.1) is 31.3 Å². The van der Waals surface area contributed by atoms with Crippen LogP contribution in [0.15, 0.2) is 36.5 Å². The maximum Gasteiger partial charge on any atom is 0.222 e. The number of hydrogen-bond acceptors (Lipinski definition) is 4. The number of carbonyl (C=O) groups excluding carboxylic acids is 1. The van der Waals surface area contributed by atoms with E-state index in [2.05, 4.69) is 43.5 Å². The molecule has 0 aliphatic rings. The zero-order valence-corrected chi connectivity index (χ0v) is 32.6. The number of aliphatic hydroxyl groups excluding tert-OH is 3. The number of hydrogen-bond donors (Lipinski definition) is 4. The molecule has 5 nitrogen and oxygen atoms in total. The molecule has 0 saturated carbocycles. The molecule has 0 saturated heterocycles. The topological polar surface area (TPSA) is 89.8 Å². The van der Waals surface area contributed by atoms with E-state index in [0.717, 1.165) is 44.9 Å². The van der Waals surface area contributed by atoms with E-state index in [1.807, 2.05) is 6.08 Å². The van der Waals surface area contributed by atoms with Crippen LogP contribution in [-0.2, 0) is 4.79 Å². The third kappa shape index (κ3) is 36.2. The van der Waals surface area contributed by atoms with Crippen molar-refractivity contribution in [3.8, 4) is 0 Å². The van der Waals surface area contributed by atoms with Crippen LogP contribution in [0.25, 0.3) is 0 Å². The number of allylic oxidation sites excluding steroid dienone is 5. The van der Waals surface area contributed by atoms with Gasteiger partial charge in [0.25, 0.3) is 0 Å². The van der Waals surface area contributed by atoms with Gasteiger partial charge < -0.3 is 20.6 Å². The standard InChI is InChI=1S/C44H83NO4/c1-3-5-7-9-11-13-15-17-19-21-22-23-25-27-29-31-33-35-37-41(47)39-44(49)45-42(40-46)43(48)38-36-34-32-30-28-26-24-20-18-16-14-12-10-8-6-4-2/h22-23,28,30,36,38,41-43,46-48H,3-21,24-27,29,31-35,37,39-40H2,1-2H3,(H,45,49)/b23-22-,30-28+,38-36+. The molecule has 0 aromatic carbocycles. The lowest BCUT2D eigenvalue weighted by molar-refractivity contribution is -0.124. The van der Waals surface area contributed by atoms with Gasteiger partial charge in [0, 0.05) is 0 Å². The summed E-state index contributed by atoms with van der Waals surface area (Å²) in [6.45, 7) is 4.19. The summed E-state index contributed by atoms with van der Waals surface area (Å²) in [6, 6.07) is -0.762. The van der Waals surface area contributed by atoms with Gasteiger partial charge in [-0.1, -0.05) is 185 Å². The monoisotopic (exact) mass is 690 g/mol.